The number of nitrogens with one attached hydrogen (secondary N) is 1. The molecule has 0 aliphatic rings. The van der Waals surface area contributed by atoms with Crippen LogP contribution in [-0.4, -0.2) is 20.6 Å². The van der Waals surface area contributed by atoms with Crippen LogP contribution in [0.3, 0.4) is 0 Å². The van der Waals surface area contributed by atoms with Gasteiger partial charge in [0, 0.05) is 0 Å². The number of carbonyl (C=O) groups excluding carboxylic acids is 1. The summed E-state index contributed by atoms with van der Waals surface area (Å²) < 4.78 is 14.5. The Balaban J connectivity index is 2.09. The molecule has 7 nitrogen and oxygen atoms in total. The fourth-order valence-electron chi connectivity index (χ4n) is 1.63. The average Bonchev–Trinajstić information content (AvgIpc) is 2.74. The third-order valence-corrected chi connectivity index (χ3v) is 2.60. The van der Waals surface area contributed by atoms with Crippen LogP contribution in [0.15, 0.2) is 30.3 Å². The molecular formula is C12H11FN4O3. The molecule has 0 saturated carbocycles. The van der Waals surface area contributed by atoms with E-state index >= 15 is 0 Å². The molecule has 2 rings (SSSR count). The second-order valence-corrected chi connectivity index (χ2v) is 4.09. The van der Waals surface area contributed by atoms with Gasteiger partial charge in [-0.3, -0.25) is 4.79 Å². The molecule has 2 aromatic rings. The van der Waals surface area contributed by atoms with Crippen molar-refractivity contribution >= 4 is 17.4 Å². The normalized spacial score (nSPS) is 10.3. The molecule has 1 aromatic carbocycles. The Morgan fingerprint density at radius 1 is 1.50 bits per heavy atom. The van der Waals surface area contributed by atoms with Gasteiger partial charge in [0.2, 0.25) is 5.91 Å². The van der Waals surface area contributed by atoms with Gasteiger partial charge in [0.1, 0.15) is 12.4 Å². The highest BCUT2D eigenvalue weighted by atomic mass is 19.1. The summed E-state index contributed by atoms with van der Waals surface area (Å²) in [6.45, 7) is 1.37. The predicted molar refractivity (Wildman–Crippen MR) is 68.6 cm³/mol. The number of anilines is 1. The molecule has 0 unspecified atom stereocenters. The number of hydrogen-bond donors (Lipinski definition) is 1. The molecule has 0 atom stereocenters. The predicted octanol–water partition coefficient (Wildman–Crippen LogP) is 1.88. The van der Waals surface area contributed by atoms with Gasteiger partial charge >= 0.3 is 5.82 Å². The van der Waals surface area contributed by atoms with Crippen molar-refractivity contribution in [3.63, 3.8) is 0 Å². The number of amides is 1. The Morgan fingerprint density at radius 3 is 2.80 bits per heavy atom. The molecule has 20 heavy (non-hydrogen) atoms. The van der Waals surface area contributed by atoms with E-state index in [-0.39, 0.29) is 18.1 Å². The summed E-state index contributed by atoms with van der Waals surface area (Å²) in [7, 11) is 0. The maximum Gasteiger partial charge on any atom is 0.390 e. The third-order valence-electron chi connectivity index (χ3n) is 2.60. The zero-order valence-corrected chi connectivity index (χ0v) is 10.5. The van der Waals surface area contributed by atoms with Crippen molar-refractivity contribution in [3.8, 4) is 0 Å². The molecular weight excluding hydrogens is 267 g/mol. The summed E-state index contributed by atoms with van der Waals surface area (Å²) in [4.78, 5) is 21.7. The molecule has 8 heteroatoms. The number of rotatable bonds is 4. The lowest BCUT2D eigenvalue weighted by Gasteiger charge is -2.05. The van der Waals surface area contributed by atoms with E-state index in [2.05, 4.69) is 10.4 Å². The molecule has 0 aliphatic heterocycles. The van der Waals surface area contributed by atoms with Gasteiger partial charge in [-0.1, -0.05) is 12.1 Å². The first-order valence-electron chi connectivity index (χ1n) is 5.70. The minimum atomic E-state index is -0.641. The van der Waals surface area contributed by atoms with Crippen LogP contribution in [0.1, 0.15) is 5.69 Å². The van der Waals surface area contributed by atoms with Gasteiger partial charge in [-0.05, 0) is 24.0 Å². The van der Waals surface area contributed by atoms with Crippen LogP contribution in [0.25, 0.3) is 0 Å². The number of aryl methyl sites for hydroxylation is 1. The molecule has 1 amide bonds. The van der Waals surface area contributed by atoms with Crippen LogP contribution in [0, 0.1) is 22.9 Å². The Hall–Kier alpha value is -2.77. The van der Waals surface area contributed by atoms with Crippen LogP contribution in [0.5, 0.6) is 0 Å². The van der Waals surface area contributed by atoms with Crippen molar-refractivity contribution in [1.29, 1.82) is 0 Å². The summed E-state index contributed by atoms with van der Waals surface area (Å²) in [5.41, 5.74) is 0.525. The Kier molecular flexibility index (Phi) is 3.74. The van der Waals surface area contributed by atoms with Gasteiger partial charge in [0.15, 0.2) is 0 Å². The number of nitrogens with zero attached hydrogens (tertiary/aromatic N) is 3. The van der Waals surface area contributed by atoms with E-state index in [0.29, 0.717) is 5.69 Å². The quantitative estimate of drug-likeness (QED) is 0.683. The van der Waals surface area contributed by atoms with Gasteiger partial charge in [-0.25, -0.2) is 4.39 Å². The summed E-state index contributed by atoms with van der Waals surface area (Å²) in [6, 6.07) is 7.00. The van der Waals surface area contributed by atoms with E-state index < -0.39 is 16.6 Å². The smallest absolute Gasteiger partial charge is 0.358 e. The van der Waals surface area contributed by atoms with Crippen LogP contribution >= 0.6 is 0 Å². The molecule has 1 aromatic heterocycles. The van der Waals surface area contributed by atoms with Gasteiger partial charge in [-0.2, -0.15) is 4.68 Å². The second kappa shape index (κ2) is 5.47. The van der Waals surface area contributed by atoms with Gasteiger partial charge in [-0.15, -0.1) is 0 Å². The van der Waals surface area contributed by atoms with Crippen molar-refractivity contribution < 1.29 is 14.1 Å². The van der Waals surface area contributed by atoms with E-state index in [1.807, 2.05) is 0 Å². The average molecular weight is 278 g/mol. The lowest BCUT2D eigenvalue weighted by Crippen LogP contribution is -2.20. The van der Waals surface area contributed by atoms with Crippen molar-refractivity contribution in [2.75, 3.05) is 5.32 Å². The molecule has 0 radical (unpaired) electrons. The first kappa shape index (κ1) is 13.7. The summed E-state index contributed by atoms with van der Waals surface area (Å²) in [5.74, 6) is -1.40. The van der Waals surface area contributed by atoms with Crippen molar-refractivity contribution in [2.45, 2.75) is 13.5 Å². The fraction of sp³-hybridized carbons (Fsp3) is 0.167. The van der Waals surface area contributed by atoms with E-state index in [1.54, 1.807) is 13.0 Å². The monoisotopic (exact) mass is 278 g/mol. The number of nitro groups is 1. The molecule has 1 heterocycles. The topological polar surface area (TPSA) is 90.1 Å². The fourth-order valence-corrected chi connectivity index (χ4v) is 1.63. The number of benzene rings is 1. The Bertz CT molecular complexity index is 668. The van der Waals surface area contributed by atoms with Crippen LogP contribution in [0.2, 0.25) is 0 Å². The highest BCUT2D eigenvalue weighted by Crippen LogP contribution is 2.14. The maximum absolute atomic E-state index is 13.4. The molecule has 0 fully saturated rings. The first-order chi connectivity index (χ1) is 9.47. The lowest BCUT2D eigenvalue weighted by atomic mass is 10.3. The molecule has 0 spiro atoms. The molecule has 0 bridgehead atoms. The van der Waals surface area contributed by atoms with Crippen LogP contribution in [-0.2, 0) is 11.3 Å². The van der Waals surface area contributed by atoms with Gasteiger partial charge in [0.05, 0.1) is 22.5 Å². The van der Waals surface area contributed by atoms with Crippen LogP contribution < -0.4 is 5.32 Å². The Morgan fingerprint density at radius 2 is 2.20 bits per heavy atom. The van der Waals surface area contributed by atoms with E-state index in [0.717, 1.165) is 0 Å². The number of para-hydroxylation sites is 1. The molecule has 0 saturated heterocycles. The molecule has 0 aliphatic carbocycles. The molecule has 1 N–H and O–H groups in total. The highest BCUT2D eigenvalue weighted by Gasteiger charge is 2.17. The van der Waals surface area contributed by atoms with Crippen LogP contribution in [0.4, 0.5) is 15.9 Å². The lowest BCUT2D eigenvalue weighted by molar-refractivity contribution is -0.389. The SMILES string of the molecule is Cc1cc([N+](=O)[O-])nn1CC(=O)Nc1ccccc1F. The number of aromatic nitrogens is 2. The van der Waals surface area contributed by atoms with Crippen molar-refractivity contribution in [3.05, 3.63) is 52.0 Å². The summed E-state index contributed by atoms with van der Waals surface area (Å²) in [5, 5.41) is 16.6. The maximum atomic E-state index is 13.4. The molecule has 104 valence electrons. The number of halogens is 1. The first-order valence-corrected chi connectivity index (χ1v) is 5.70. The standard InChI is InChI=1S/C12H11FN4O3/c1-8-6-11(17(19)20)15-16(8)7-12(18)14-10-5-3-2-4-9(10)13/h2-6H,7H2,1H3,(H,14,18). The Labute approximate surface area is 113 Å². The minimum Gasteiger partial charge on any atom is -0.358 e. The zero-order valence-electron chi connectivity index (χ0n) is 10.5. The number of hydrogen-bond acceptors (Lipinski definition) is 4. The third kappa shape index (κ3) is 2.97. The zero-order chi connectivity index (χ0) is 14.7. The largest absolute Gasteiger partial charge is 0.390 e. The van der Waals surface area contributed by atoms with Crippen molar-refractivity contribution in [2.24, 2.45) is 0 Å². The summed E-state index contributed by atoms with van der Waals surface area (Å²) in [6.07, 6.45) is 0. The van der Waals surface area contributed by atoms with E-state index in [1.165, 1.54) is 28.9 Å². The summed E-state index contributed by atoms with van der Waals surface area (Å²) >= 11 is 0. The van der Waals surface area contributed by atoms with Gasteiger partial charge in [0.25, 0.3) is 0 Å². The van der Waals surface area contributed by atoms with Crippen molar-refractivity contribution in [1.82, 2.24) is 9.78 Å². The highest BCUT2D eigenvalue weighted by molar-refractivity contribution is 5.90. The minimum absolute atomic E-state index is 0.0526. The second-order valence-electron chi connectivity index (χ2n) is 4.09. The number of carbonyl (C=O) groups is 1. The van der Waals surface area contributed by atoms with Gasteiger partial charge < -0.3 is 15.4 Å². The van der Waals surface area contributed by atoms with E-state index in [9.17, 15) is 19.3 Å². The van der Waals surface area contributed by atoms with E-state index in [4.69, 9.17) is 0 Å².